The number of imidazole rings is 1. The second kappa shape index (κ2) is 9.46. The maximum absolute atomic E-state index is 12.9. The number of nitrogens with zero attached hydrogens (tertiary/aromatic N) is 3. The summed E-state index contributed by atoms with van der Waals surface area (Å²) in [5.41, 5.74) is 1.48. The van der Waals surface area contributed by atoms with Gasteiger partial charge in [0, 0.05) is 25.7 Å². The van der Waals surface area contributed by atoms with E-state index in [9.17, 15) is 13.2 Å². The van der Waals surface area contributed by atoms with Crippen molar-refractivity contribution in [3.05, 3.63) is 18.2 Å². The average Bonchev–Trinajstić information content (AvgIpc) is 3.09. The van der Waals surface area contributed by atoms with Crippen molar-refractivity contribution in [3.63, 3.8) is 0 Å². The number of ether oxygens (including phenoxy) is 1. The smallest absolute Gasteiger partial charge is 0.243 e. The molecule has 0 unspecified atom stereocenters. The molecule has 2 aromatic rings. The summed E-state index contributed by atoms with van der Waals surface area (Å²) in [6, 6.07) is 5.18. The Bertz CT molecular complexity index is 968. The van der Waals surface area contributed by atoms with Gasteiger partial charge in [0.2, 0.25) is 15.9 Å². The zero-order valence-corrected chi connectivity index (χ0v) is 18.7. The summed E-state index contributed by atoms with van der Waals surface area (Å²) in [6.45, 7) is 8.21. The molecule has 10 heteroatoms. The fourth-order valence-corrected chi connectivity index (χ4v) is 5.47. The highest BCUT2D eigenvalue weighted by Gasteiger charge is 2.27. The van der Waals surface area contributed by atoms with Crippen LogP contribution >= 0.6 is 11.8 Å². The van der Waals surface area contributed by atoms with Crippen molar-refractivity contribution in [2.75, 3.05) is 32.1 Å². The van der Waals surface area contributed by atoms with E-state index in [4.69, 9.17) is 4.74 Å². The van der Waals surface area contributed by atoms with Crippen LogP contribution in [0.2, 0.25) is 0 Å². The summed E-state index contributed by atoms with van der Waals surface area (Å²) in [6.07, 6.45) is 0.879. The quantitative estimate of drug-likeness (QED) is 0.632. The Hall–Kier alpha value is -1.62. The molecule has 8 nitrogen and oxygen atoms in total. The van der Waals surface area contributed by atoms with Crippen LogP contribution in [0.4, 0.5) is 0 Å². The summed E-state index contributed by atoms with van der Waals surface area (Å²) in [7, 11) is -3.57. The van der Waals surface area contributed by atoms with Gasteiger partial charge in [-0.1, -0.05) is 18.7 Å². The second-order valence-corrected chi connectivity index (χ2v) is 9.85. The maximum Gasteiger partial charge on any atom is 0.243 e. The third kappa shape index (κ3) is 4.93. The molecule has 1 aliphatic heterocycles. The van der Waals surface area contributed by atoms with Crippen molar-refractivity contribution >= 4 is 38.7 Å². The first-order chi connectivity index (χ1) is 13.9. The topological polar surface area (TPSA) is 93.5 Å². The van der Waals surface area contributed by atoms with Crippen LogP contribution in [0.1, 0.15) is 27.2 Å². The van der Waals surface area contributed by atoms with Crippen LogP contribution < -0.4 is 5.32 Å². The van der Waals surface area contributed by atoms with E-state index < -0.39 is 10.0 Å². The van der Waals surface area contributed by atoms with Crippen molar-refractivity contribution < 1.29 is 17.9 Å². The maximum atomic E-state index is 12.9. The Balaban J connectivity index is 1.83. The van der Waals surface area contributed by atoms with E-state index >= 15 is 0 Å². The lowest BCUT2D eigenvalue weighted by Crippen LogP contribution is -2.40. The third-order valence-electron chi connectivity index (χ3n) is 4.96. The zero-order chi connectivity index (χ0) is 21.0. The van der Waals surface area contributed by atoms with Gasteiger partial charge in [-0.05, 0) is 38.5 Å². The molecule has 1 saturated heterocycles. The molecule has 0 radical (unpaired) electrons. The monoisotopic (exact) mass is 440 g/mol. The number of morpholine rings is 1. The Labute approximate surface area is 176 Å². The van der Waals surface area contributed by atoms with Crippen molar-refractivity contribution in [1.82, 2.24) is 19.2 Å². The Morgan fingerprint density at radius 3 is 2.69 bits per heavy atom. The number of sulfonamides is 1. The highest BCUT2D eigenvalue weighted by atomic mass is 32.2. The number of nitrogens with one attached hydrogen (secondary N) is 1. The predicted octanol–water partition coefficient (Wildman–Crippen LogP) is 2.08. The molecule has 29 heavy (non-hydrogen) atoms. The molecule has 1 fully saturated rings. The number of aryl methyl sites for hydroxylation is 1. The highest BCUT2D eigenvalue weighted by molar-refractivity contribution is 7.99. The van der Waals surface area contributed by atoms with E-state index in [1.165, 1.54) is 16.1 Å². The molecule has 0 spiro atoms. The molecule has 2 heterocycles. The van der Waals surface area contributed by atoms with Crippen LogP contribution in [0, 0.1) is 0 Å². The van der Waals surface area contributed by atoms with Gasteiger partial charge in [-0.3, -0.25) is 4.79 Å². The number of carbonyl (C=O) groups is 1. The van der Waals surface area contributed by atoms with Gasteiger partial charge >= 0.3 is 0 Å². The third-order valence-corrected chi connectivity index (χ3v) is 7.83. The number of aromatic nitrogens is 2. The highest BCUT2D eigenvalue weighted by Crippen LogP contribution is 2.27. The van der Waals surface area contributed by atoms with Crippen molar-refractivity contribution in [2.24, 2.45) is 0 Å². The van der Waals surface area contributed by atoms with E-state index in [-0.39, 0.29) is 22.6 Å². The number of fused-ring (bicyclic) bond motifs is 1. The van der Waals surface area contributed by atoms with E-state index in [2.05, 4.69) is 10.3 Å². The number of thioether (sulfide) groups is 1. The minimum absolute atomic E-state index is 0.0327. The van der Waals surface area contributed by atoms with Crippen LogP contribution in [0.5, 0.6) is 0 Å². The summed E-state index contributed by atoms with van der Waals surface area (Å²) < 4.78 is 34.5. The fourth-order valence-electron chi connectivity index (χ4n) is 3.15. The normalized spacial score (nSPS) is 16.8. The first kappa shape index (κ1) is 22.1. The van der Waals surface area contributed by atoms with Crippen LogP contribution in [0.15, 0.2) is 28.3 Å². The van der Waals surface area contributed by atoms with E-state index in [1.54, 1.807) is 18.2 Å². The number of hydrogen-bond donors (Lipinski definition) is 1. The number of benzene rings is 1. The fraction of sp³-hybridized carbons (Fsp3) is 0.579. The van der Waals surface area contributed by atoms with Gasteiger partial charge in [-0.25, -0.2) is 13.4 Å². The molecule has 0 saturated carbocycles. The van der Waals surface area contributed by atoms with Gasteiger partial charge in [0.15, 0.2) is 5.16 Å². The lowest BCUT2D eigenvalue weighted by molar-refractivity contribution is -0.119. The first-order valence-electron chi connectivity index (χ1n) is 9.87. The Morgan fingerprint density at radius 1 is 1.31 bits per heavy atom. The van der Waals surface area contributed by atoms with E-state index in [0.29, 0.717) is 43.5 Å². The lowest BCUT2D eigenvalue weighted by Gasteiger charge is -2.26. The van der Waals surface area contributed by atoms with Crippen molar-refractivity contribution in [3.8, 4) is 0 Å². The van der Waals surface area contributed by atoms with Crippen molar-refractivity contribution in [2.45, 2.75) is 49.8 Å². The number of carbonyl (C=O) groups excluding carboxylic acids is 1. The van der Waals surface area contributed by atoms with Gasteiger partial charge in [-0.2, -0.15) is 4.31 Å². The largest absolute Gasteiger partial charge is 0.379 e. The molecule has 3 rings (SSSR count). The summed E-state index contributed by atoms with van der Waals surface area (Å²) >= 11 is 1.36. The Morgan fingerprint density at radius 2 is 2.03 bits per heavy atom. The van der Waals surface area contributed by atoms with Gasteiger partial charge in [0.25, 0.3) is 0 Å². The summed E-state index contributed by atoms with van der Waals surface area (Å²) in [5.74, 6) is 0.238. The molecule has 1 amide bonds. The second-order valence-electron chi connectivity index (χ2n) is 6.97. The zero-order valence-electron chi connectivity index (χ0n) is 17.1. The number of amides is 1. The molecular formula is C19H28N4O4S2. The van der Waals surface area contributed by atoms with Crippen LogP contribution in [-0.2, 0) is 26.1 Å². The van der Waals surface area contributed by atoms with Gasteiger partial charge in [-0.15, -0.1) is 0 Å². The van der Waals surface area contributed by atoms with Crippen LogP contribution in [0.25, 0.3) is 11.0 Å². The predicted molar refractivity (Wildman–Crippen MR) is 114 cm³/mol. The minimum atomic E-state index is -3.57. The molecule has 1 atom stereocenters. The van der Waals surface area contributed by atoms with E-state index in [0.717, 1.165) is 11.9 Å². The molecule has 1 aromatic heterocycles. The minimum Gasteiger partial charge on any atom is -0.379 e. The van der Waals surface area contributed by atoms with Crippen LogP contribution in [-0.4, -0.2) is 66.3 Å². The standard InChI is InChI=1S/C19H28N4O4S2/c1-4-14(3)20-18(24)13-28-19-21-16-12-15(6-7-17(16)23(19)5-2)29(25,26)22-8-10-27-11-9-22/h6-7,12,14H,4-5,8-11,13H2,1-3H3,(H,20,24)/t14-/m0/s1. The molecule has 160 valence electrons. The van der Waals surface area contributed by atoms with E-state index in [1.807, 2.05) is 25.3 Å². The molecule has 0 bridgehead atoms. The molecule has 1 aromatic carbocycles. The van der Waals surface area contributed by atoms with Gasteiger partial charge < -0.3 is 14.6 Å². The van der Waals surface area contributed by atoms with Gasteiger partial charge in [0.05, 0.1) is 34.9 Å². The first-order valence-corrected chi connectivity index (χ1v) is 12.3. The van der Waals surface area contributed by atoms with Crippen molar-refractivity contribution in [1.29, 1.82) is 0 Å². The van der Waals surface area contributed by atoms with Gasteiger partial charge in [0.1, 0.15) is 0 Å². The summed E-state index contributed by atoms with van der Waals surface area (Å²) in [4.78, 5) is 16.9. The molecule has 1 aliphatic rings. The molecular weight excluding hydrogens is 412 g/mol. The Kier molecular flexibility index (Phi) is 7.20. The molecule has 0 aliphatic carbocycles. The van der Waals surface area contributed by atoms with Crippen LogP contribution in [0.3, 0.4) is 0 Å². The average molecular weight is 441 g/mol. The summed E-state index contributed by atoms with van der Waals surface area (Å²) in [5, 5.41) is 3.66. The SMILES string of the molecule is CC[C@H](C)NC(=O)CSc1nc2cc(S(=O)(=O)N3CCOCC3)ccc2n1CC. The lowest BCUT2D eigenvalue weighted by atomic mass is 10.3. The number of hydrogen-bond acceptors (Lipinski definition) is 6. The molecule has 1 N–H and O–H groups in total. The number of rotatable bonds is 8.